The fraction of sp³-hybridized carbons (Fsp3) is 0.746. The molecule has 12 amide bonds. The van der Waals surface area contributed by atoms with Gasteiger partial charge in [0, 0.05) is 61.9 Å². The van der Waals surface area contributed by atoms with E-state index in [1.54, 1.807) is 11.8 Å². The molecule has 3 aliphatic heterocycles. The topological polar surface area (TPSA) is 279 Å². The molecule has 1 saturated carbocycles. The highest BCUT2D eigenvalue weighted by Gasteiger charge is 2.48. The number of likely N-dealkylation sites (tertiary alicyclic amines) is 1. The standard InChI is InChI=1S/C71H112ClF3N12O12/c1-17-19-27-51-64(94)85(16)70(9,10)69(99)78-52(36-42(3)4)63(93)83(14)56(67(97)86-33-23-20-24-34-86)40-58(89)82(13)54(37-43(5)6)61(91)79-59(44(7)18-2)68(98)81(12)45(8)62(92)87-35-32-53(87)66(96)84(15)55(39-46-25-21-22-26-46)65(95)80(11)41-57(88)76-50(60(90)77-51)31-29-47-28-30-48(49(72)38-47)71(73,74)75/h28,30,38,42-46,50-56,59H,17-27,29,31-37,39-41H2,1-16H3,(H,76,88)(H,77,90)(H,78,99)(H,79,91)/t44-,45-,50-,51-,52-,53-,54-,55-,56-,59-/m0/s1. The van der Waals surface area contributed by atoms with Gasteiger partial charge in [0.15, 0.2) is 0 Å². The highest BCUT2D eigenvalue weighted by atomic mass is 35.5. The zero-order chi connectivity index (χ0) is 74.3. The molecule has 28 heteroatoms. The Hall–Kier alpha value is -7.06. The summed E-state index contributed by atoms with van der Waals surface area (Å²) in [7, 11) is 8.40. The number of nitrogens with one attached hydrogen (secondary N) is 4. The van der Waals surface area contributed by atoms with Gasteiger partial charge in [0.2, 0.25) is 70.9 Å². The summed E-state index contributed by atoms with van der Waals surface area (Å²) in [6, 6.07) is -8.26. The molecule has 1 aromatic carbocycles. The second-order valence-corrected chi connectivity index (χ2v) is 29.8. The second-order valence-electron chi connectivity index (χ2n) is 29.4. The molecular formula is C71H112ClF3N12O12. The first kappa shape index (κ1) is 82.6. The molecule has 10 atom stereocenters. The van der Waals surface area contributed by atoms with Crippen LogP contribution in [-0.2, 0) is 70.1 Å². The van der Waals surface area contributed by atoms with Crippen LogP contribution in [0.4, 0.5) is 13.2 Å². The summed E-state index contributed by atoms with van der Waals surface area (Å²) in [5.41, 5.74) is -2.58. The largest absolute Gasteiger partial charge is 0.417 e. The van der Waals surface area contributed by atoms with Crippen molar-refractivity contribution in [3.05, 3.63) is 34.3 Å². The van der Waals surface area contributed by atoms with E-state index >= 15 is 4.79 Å². The fourth-order valence-corrected chi connectivity index (χ4v) is 13.8. The lowest BCUT2D eigenvalue weighted by atomic mass is 9.94. The third-order valence-electron chi connectivity index (χ3n) is 20.7. The summed E-state index contributed by atoms with van der Waals surface area (Å²) < 4.78 is 41.5. The first-order valence-electron chi connectivity index (χ1n) is 35.5. The fourth-order valence-electron chi connectivity index (χ4n) is 13.5. The molecule has 0 spiro atoms. The average Bonchev–Trinajstić information content (AvgIpc) is 1.29. The Balaban J connectivity index is 1.63. The Kier molecular flexibility index (Phi) is 30.5. The van der Waals surface area contributed by atoms with Crippen molar-refractivity contribution in [2.24, 2.45) is 23.7 Å². The number of aryl methyl sites for hydroxylation is 1. The van der Waals surface area contributed by atoms with Gasteiger partial charge in [-0.1, -0.05) is 111 Å². The van der Waals surface area contributed by atoms with Crippen LogP contribution in [0.3, 0.4) is 0 Å². The molecule has 24 nitrogen and oxygen atoms in total. The van der Waals surface area contributed by atoms with Crippen LogP contribution in [0, 0.1) is 23.7 Å². The van der Waals surface area contributed by atoms with Crippen LogP contribution in [0.2, 0.25) is 5.02 Å². The van der Waals surface area contributed by atoms with Crippen LogP contribution >= 0.6 is 11.6 Å². The van der Waals surface area contributed by atoms with E-state index in [0.717, 1.165) is 58.9 Å². The molecule has 4 fully saturated rings. The van der Waals surface area contributed by atoms with E-state index < -0.39 is 166 Å². The van der Waals surface area contributed by atoms with E-state index in [9.17, 15) is 65.9 Å². The summed E-state index contributed by atoms with van der Waals surface area (Å²) in [6.45, 7) is 17.4. The lowest BCUT2D eigenvalue weighted by molar-refractivity contribution is -0.160. The number of unbranched alkanes of at least 4 members (excludes halogenated alkanes) is 1. The van der Waals surface area contributed by atoms with Crippen molar-refractivity contribution in [2.75, 3.05) is 68.5 Å². The Labute approximate surface area is 588 Å². The maximum absolute atomic E-state index is 15.2. The molecular weight excluding hydrogens is 1310 g/mol. The summed E-state index contributed by atoms with van der Waals surface area (Å²) >= 11 is 6.12. The van der Waals surface area contributed by atoms with Gasteiger partial charge in [0.05, 0.1) is 23.6 Å². The predicted molar refractivity (Wildman–Crippen MR) is 369 cm³/mol. The van der Waals surface area contributed by atoms with Crippen molar-refractivity contribution in [3.63, 3.8) is 0 Å². The first-order valence-corrected chi connectivity index (χ1v) is 35.9. The highest BCUT2D eigenvalue weighted by molar-refractivity contribution is 6.31. The number of amides is 12. The summed E-state index contributed by atoms with van der Waals surface area (Å²) in [5.74, 6) is -9.15. The predicted octanol–water partition coefficient (Wildman–Crippen LogP) is 6.18. The van der Waals surface area contributed by atoms with Crippen LogP contribution in [0.25, 0.3) is 0 Å². The highest BCUT2D eigenvalue weighted by Crippen LogP contribution is 2.36. The van der Waals surface area contributed by atoms with Gasteiger partial charge in [-0.2, -0.15) is 13.2 Å². The molecule has 3 saturated heterocycles. The zero-order valence-corrected chi connectivity index (χ0v) is 62.0. The smallest absolute Gasteiger partial charge is 0.343 e. The van der Waals surface area contributed by atoms with E-state index in [1.165, 1.54) is 88.7 Å². The number of carbonyl (C=O) groups is 12. The van der Waals surface area contributed by atoms with E-state index in [2.05, 4.69) is 21.3 Å². The van der Waals surface area contributed by atoms with Crippen LogP contribution in [0.15, 0.2) is 18.2 Å². The third-order valence-corrected chi connectivity index (χ3v) is 21.1. The summed E-state index contributed by atoms with van der Waals surface area (Å²) in [6.07, 6.45) is 1.78. The maximum Gasteiger partial charge on any atom is 0.417 e. The number of hydrogen-bond acceptors (Lipinski definition) is 12. The molecule has 556 valence electrons. The van der Waals surface area contributed by atoms with Gasteiger partial charge in [-0.15, -0.1) is 0 Å². The van der Waals surface area contributed by atoms with Crippen LogP contribution in [0.5, 0.6) is 0 Å². The molecule has 4 N–H and O–H groups in total. The molecule has 99 heavy (non-hydrogen) atoms. The minimum atomic E-state index is -4.77. The van der Waals surface area contributed by atoms with Crippen LogP contribution < -0.4 is 21.3 Å². The molecule has 5 rings (SSSR count). The Morgan fingerprint density at radius 1 is 0.646 bits per heavy atom. The Bertz CT molecular complexity index is 3050. The van der Waals surface area contributed by atoms with Crippen molar-refractivity contribution in [3.8, 4) is 0 Å². The van der Waals surface area contributed by atoms with Crippen molar-refractivity contribution in [2.45, 2.75) is 251 Å². The lowest BCUT2D eigenvalue weighted by Gasteiger charge is -2.45. The maximum atomic E-state index is 15.2. The SMILES string of the molecule is CCCC[C@@H]1NC(=O)[C@H](CCc2ccc(C(F)(F)F)c(Cl)c2)NC(=O)CN(C)C(=O)[C@H](CC2CCCC2)N(C)C(=O)[C@@H]2CCN2C(=O)[C@H](C)N(C)C(=O)[C@H]([C@@H](C)CC)NC(=O)[C@H](CC(C)C)N(C)C(=O)C[C@@H](C(=O)N2CCCCC2)N(C)C(=O)[C@H](CC(C)C)NC(=O)C(C)(C)N(C)C1=O. The second kappa shape index (κ2) is 36.5. The van der Waals surface area contributed by atoms with Gasteiger partial charge in [-0.3, -0.25) is 57.5 Å². The Morgan fingerprint density at radius 3 is 1.83 bits per heavy atom. The van der Waals surface area contributed by atoms with Crippen molar-refractivity contribution < 1.29 is 70.7 Å². The molecule has 0 unspecified atom stereocenters. The number of fused-ring (bicyclic) bond motifs is 1. The summed E-state index contributed by atoms with van der Waals surface area (Å²) in [5, 5.41) is 10.6. The number of halogens is 4. The van der Waals surface area contributed by atoms with Gasteiger partial charge in [0.1, 0.15) is 59.9 Å². The molecule has 1 aliphatic carbocycles. The number of hydrogen-bond donors (Lipinski definition) is 4. The van der Waals surface area contributed by atoms with Crippen LogP contribution in [-0.4, -0.2) is 238 Å². The van der Waals surface area contributed by atoms with Gasteiger partial charge in [-0.05, 0) is 126 Å². The van der Waals surface area contributed by atoms with Crippen molar-refractivity contribution in [1.29, 1.82) is 0 Å². The molecule has 0 aromatic heterocycles. The molecule has 4 aliphatic rings. The van der Waals surface area contributed by atoms with Crippen molar-refractivity contribution in [1.82, 2.24) is 60.5 Å². The van der Waals surface area contributed by atoms with Gasteiger partial charge < -0.3 is 60.5 Å². The first-order chi connectivity index (χ1) is 46.3. The Morgan fingerprint density at radius 2 is 1.27 bits per heavy atom. The normalized spacial score (nSPS) is 26.5. The monoisotopic (exact) mass is 1420 g/mol. The van der Waals surface area contributed by atoms with Crippen LogP contribution in [0.1, 0.15) is 190 Å². The summed E-state index contributed by atoms with van der Waals surface area (Å²) in [4.78, 5) is 188. The number of alkyl halides is 3. The van der Waals surface area contributed by atoms with E-state index in [-0.39, 0.29) is 74.8 Å². The molecule has 0 bridgehead atoms. The number of rotatable bonds is 15. The van der Waals surface area contributed by atoms with Crippen molar-refractivity contribution >= 4 is 82.5 Å². The number of likely N-dealkylation sites (N-methyl/N-ethyl adjacent to an activating group) is 6. The number of nitrogens with zero attached hydrogens (tertiary/aromatic N) is 8. The van der Waals surface area contributed by atoms with Gasteiger partial charge in [-0.25, -0.2) is 0 Å². The molecule has 3 heterocycles. The lowest BCUT2D eigenvalue weighted by Crippen LogP contribution is -2.65. The zero-order valence-electron chi connectivity index (χ0n) is 61.3. The van der Waals surface area contributed by atoms with E-state index in [4.69, 9.17) is 11.6 Å². The molecule has 0 radical (unpaired) electrons. The number of piperidine rings is 1. The number of benzene rings is 1. The quantitative estimate of drug-likeness (QED) is 0.153. The van der Waals surface area contributed by atoms with E-state index in [0.29, 0.717) is 45.2 Å². The minimum Gasteiger partial charge on any atom is -0.343 e. The third kappa shape index (κ3) is 21.5. The molecule has 1 aromatic rings. The minimum absolute atomic E-state index is 0.0241. The van der Waals surface area contributed by atoms with Gasteiger partial charge >= 0.3 is 6.18 Å². The average molecular weight is 1420 g/mol. The van der Waals surface area contributed by atoms with Gasteiger partial charge in [0.25, 0.3) is 0 Å². The number of carbonyl (C=O) groups excluding carboxylic acids is 12. The van der Waals surface area contributed by atoms with E-state index in [1.807, 2.05) is 41.5 Å².